The molecule has 1 aromatic heterocycles. The number of aliphatic hydroxyl groups excluding tert-OH is 1. The Labute approximate surface area is 133 Å². The van der Waals surface area contributed by atoms with Gasteiger partial charge in [-0.25, -0.2) is 9.48 Å². The van der Waals surface area contributed by atoms with Gasteiger partial charge in [-0.15, -0.1) is 5.10 Å². The lowest BCUT2D eigenvalue weighted by Crippen LogP contribution is -2.19. The largest absolute Gasteiger partial charge is 0.459 e. The summed E-state index contributed by atoms with van der Waals surface area (Å²) in [7, 11) is 0. The van der Waals surface area contributed by atoms with E-state index in [1.165, 1.54) is 10.9 Å². The Kier molecular flexibility index (Phi) is 5.42. The van der Waals surface area contributed by atoms with Gasteiger partial charge in [0.15, 0.2) is 0 Å². The minimum atomic E-state index is -0.406. The van der Waals surface area contributed by atoms with Crippen molar-refractivity contribution in [3.8, 4) is 0 Å². The van der Waals surface area contributed by atoms with Gasteiger partial charge in [-0.05, 0) is 38.1 Å². The minimum Gasteiger partial charge on any atom is -0.459 e. The topological polar surface area (TPSA) is 106 Å². The third kappa shape index (κ3) is 4.89. The van der Waals surface area contributed by atoms with Gasteiger partial charge in [-0.1, -0.05) is 5.21 Å². The second-order valence-electron chi connectivity index (χ2n) is 5.15. The molecular weight excluding hydrogens is 300 g/mol. The summed E-state index contributed by atoms with van der Waals surface area (Å²) in [5.41, 5.74) is 1.37. The van der Waals surface area contributed by atoms with Gasteiger partial charge in [0.2, 0.25) is 5.91 Å². The molecular formula is C15H18N4O4. The number of carbonyl (C=O) groups excluding carboxylic acids is 2. The van der Waals surface area contributed by atoms with Crippen LogP contribution in [0.2, 0.25) is 0 Å². The number of esters is 1. The molecule has 0 spiro atoms. The maximum absolute atomic E-state index is 11.9. The van der Waals surface area contributed by atoms with Crippen LogP contribution in [-0.2, 0) is 22.7 Å². The van der Waals surface area contributed by atoms with Crippen LogP contribution in [0.25, 0.3) is 0 Å². The van der Waals surface area contributed by atoms with E-state index in [0.29, 0.717) is 16.9 Å². The van der Waals surface area contributed by atoms with E-state index in [9.17, 15) is 9.59 Å². The van der Waals surface area contributed by atoms with Crippen molar-refractivity contribution < 1.29 is 19.4 Å². The molecule has 0 aliphatic rings. The molecule has 0 saturated carbocycles. The molecule has 0 unspecified atom stereocenters. The molecule has 1 heterocycles. The van der Waals surface area contributed by atoms with Gasteiger partial charge >= 0.3 is 5.97 Å². The minimum absolute atomic E-state index is 0.0237. The highest BCUT2D eigenvalue weighted by Crippen LogP contribution is 2.11. The average Bonchev–Trinajstić information content (AvgIpc) is 2.94. The van der Waals surface area contributed by atoms with Crippen LogP contribution in [0.1, 0.15) is 29.9 Å². The van der Waals surface area contributed by atoms with E-state index in [0.717, 1.165) is 0 Å². The van der Waals surface area contributed by atoms with Crippen molar-refractivity contribution in [2.24, 2.45) is 0 Å². The fourth-order valence-electron chi connectivity index (χ4n) is 1.81. The smallest absolute Gasteiger partial charge is 0.338 e. The van der Waals surface area contributed by atoms with Crippen LogP contribution in [0.3, 0.4) is 0 Å². The average molecular weight is 318 g/mol. The molecule has 0 aliphatic heterocycles. The van der Waals surface area contributed by atoms with E-state index in [-0.39, 0.29) is 25.2 Å². The number of anilines is 1. The van der Waals surface area contributed by atoms with Gasteiger partial charge in [-0.2, -0.15) is 0 Å². The van der Waals surface area contributed by atoms with Crippen molar-refractivity contribution in [3.05, 3.63) is 41.7 Å². The fourth-order valence-corrected chi connectivity index (χ4v) is 1.81. The van der Waals surface area contributed by atoms with Gasteiger partial charge in [0, 0.05) is 5.69 Å². The first-order valence-electron chi connectivity index (χ1n) is 7.08. The van der Waals surface area contributed by atoms with Gasteiger partial charge in [0.25, 0.3) is 0 Å². The lowest BCUT2D eigenvalue weighted by molar-refractivity contribution is -0.116. The van der Waals surface area contributed by atoms with Gasteiger partial charge < -0.3 is 15.2 Å². The molecule has 2 aromatic rings. The normalized spacial score (nSPS) is 10.6. The number of amides is 1. The molecule has 2 N–H and O–H groups in total. The Morgan fingerprint density at radius 1 is 1.30 bits per heavy atom. The number of benzene rings is 1. The van der Waals surface area contributed by atoms with Crippen molar-refractivity contribution in [2.45, 2.75) is 33.1 Å². The zero-order chi connectivity index (χ0) is 16.8. The van der Waals surface area contributed by atoms with E-state index >= 15 is 0 Å². The maximum atomic E-state index is 11.9. The maximum Gasteiger partial charge on any atom is 0.338 e. The molecule has 2 rings (SSSR count). The molecule has 1 aromatic carbocycles. The second kappa shape index (κ2) is 7.50. The summed E-state index contributed by atoms with van der Waals surface area (Å²) < 4.78 is 6.41. The van der Waals surface area contributed by atoms with E-state index in [1.807, 2.05) is 0 Å². The summed E-state index contributed by atoms with van der Waals surface area (Å²) in [6, 6.07) is 6.41. The molecule has 0 atom stereocenters. The summed E-state index contributed by atoms with van der Waals surface area (Å²) in [6.45, 7) is 3.30. The highest BCUT2D eigenvalue weighted by Gasteiger charge is 2.10. The number of hydrogen-bond donors (Lipinski definition) is 2. The summed E-state index contributed by atoms with van der Waals surface area (Å²) in [6.07, 6.45) is 1.30. The van der Waals surface area contributed by atoms with Crippen LogP contribution in [0.15, 0.2) is 30.5 Å². The van der Waals surface area contributed by atoms with E-state index in [1.54, 1.807) is 38.1 Å². The monoisotopic (exact) mass is 318 g/mol. The summed E-state index contributed by atoms with van der Waals surface area (Å²) in [4.78, 5) is 23.6. The van der Waals surface area contributed by atoms with Crippen LogP contribution in [0, 0.1) is 0 Å². The van der Waals surface area contributed by atoms with Gasteiger partial charge in [0.05, 0.1) is 24.5 Å². The quantitative estimate of drug-likeness (QED) is 0.769. The summed E-state index contributed by atoms with van der Waals surface area (Å²) >= 11 is 0. The Morgan fingerprint density at radius 3 is 2.57 bits per heavy atom. The number of carbonyl (C=O) groups is 2. The van der Waals surface area contributed by atoms with Crippen LogP contribution in [0.4, 0.5) is 5.69 Å². The molecule has 0 radical (unpaired) electrons. The van der Waals surface area contributed by atoms with E-state index < -0.39 is 5.97 Å². The standard InChI is InChI=1S/C15H18N4O4/c1-10(2)23-15(22)11-3-5-12(6-4-11)16-14(21)8-19-7-13(9-20)17-18-19/h3-7,10,20H,8-9H2,1-2H3,(H,16,21). The predicted molar refractivity (Wildman–Crippen MR) is 81.6 cm³/mol. The number of nitrogens with zero attached hydrogens (tertiary/aromatic N) is 3. The Bertz CT molecular complexity index is 679. The molecule has 23 heavy (non-hydrogen) atoms. The Morgan fingerprint density at radius 2 is 2.00 bits per heavy atom. The van der Waals surface area contributed by atoms with Crippen molar-refractivity contribution >= 4 is 17.6 Å². The molecule has 122 valence electrons. The van der Waals surface area contributed by atoms with Crippen molar-refractivity contribution in [1.29, 1.82) is 0 Å². The summed E-state index contributed by atoms with van der Waals surface area (Å²) in [5.74, 6) is -0.700. The molecule has 8 heteroatoms. The van der Waals surface area contributed by atoms with Crippen molar-refractivity contribution in [1.82, 2.24) is 15.0 Å². The number of rotatable bonds is 6. The third-order valence-electron chi connectivity index (χ3n) is 2.80. The first kappa shape index (κ1) is 16.6. The van der Waals surface area contributed by atoms with Crippen molar-refractivity contribution in [2.75, 3.05) is 5.32 Å². The zero-order valence-corrected chi connectivity index (χ0v) is 12.9. The predicted octanol–water partition coefficient (Wildman–Crippen LogP) is 0.974. The van der Waals surface area contributed by atoms with Crippen LogP contribution in [0.5, 0.6) is 0 Å². The Hall–Kier alpha value is -2.74. The highest BCUT2D eigenvalue weighted by molar-refractivity contribution is 5.93. The molecule has 0 saturated heterocycles. The van der Waals surface area contributed by atoms with Gasteiger partial charge in [0.1, 0.15) is 12.2 Å². The lowest BCUT2D eigenvalue weighted by atomic mass is 10.2. The molecule has 1 amide bonds. The van der Waals surface area contributed by atoms with Crippen molar-refractivity contribution in [3.63, 3.8) is 0 Å². The number of aliphatic hydroxyl groups is 1. The van der Waals surface area contributed by atoms with Crippen LogP contribution >= 0.6 is 0 Å². The van der Waals surface area contributed by atoms with Crippen LogP contribution < -0.4 is 5.32 Å². The zero-order valence-electron chi connectivity index (χ0n) is 12.9. The number of aromatic nitrogens is 3. The molecule has 0 fully saturated rings. The lowest BCUT2D eigenvalue weighted by Gasteiger charge is -2.09. The second-order valence-corrected chi connectivity index (χ2v) is 5.15. The number of hydrogen-bond acceptors (Lipinski definition) is 6. The highest BCUT2D eigenvalue weighted by atomic mass is 16.5. The first-order valence-corrected chi connectivity index (χ1v) is 7.08. The third-order valence-corrected chi connectivity index (χ3v) is 2.80. The Balaban J connectivity index is 1.92. The van der Waals surface area contributed by atoms with E-state index in [4.69, 9.17) is 9.84 Å². The van der Waals surface area contributed by atoms with Crippen LogP contribution in [-0.4, -0.2) is 38.1 Å². The molecule has 0 bridgehead atoms. The van der Waals surface area contributed by atoms with E-state index in [2.05, 4.69) is 15.6 Å². The molecule has 0 aliphatic carbocycles. The fraction of sp³-hybridized carbons (Fsp3) is 0.333. The molecule has 8 nitrogen and oxygen atoms in total. The SMILES string of the molecule is CC(C)OC(=O)c1ccc(NC(=O)Cn2cc(CO)nn2)cc1. The van der Waals surface area contributed by atoms with Gasteiger partial charge in [-0.3, -0.25) is 4.79 Å². The summed E-state index contributed by atoms with van der Waals surface area (Å²) in [5, 5.41) is 19.0. The number of ether oxygens (including phenoxy) is 1. The number of nitrogens with one attached hydrogen (secondary N) is 1. The first-order chi connectivity index (χ1) is 11.0.